The zero-order chi connectivity index (χ0) is 15.1. The van der Waals surface area contributed by atoms with Gasteiger partial charge in [-0.2, -0.15) is 0 Å². The smallest absolute Gasteiger partial charge is 0.223 e. The highest BCUT2D eigenvalue weighted by atomic mass is 16.5. The Morgan fingerprint density at radius 2 is 1.70 bits per heavy atom. The molecule has 1 aliphatic rings. The zero-order valence-electron chi connectivity index (χ0n) is 13.4. The molecule has 20 heavy (non-hydrogen) atoms. The predicted octanol–water partition coefficient (Wildman–Crippen LogP) is 2.66. The number of rotatable bonds is 7. The largest absolute Gasteiger partial charge is 0.379 e. The van der Waals surface area contributed by atoms with Crippen LogP contribution in [-0.2, 0) is 14.3 Å². The van der Waals surface area contributed by atoms with Crippen molar-refractivity contribution in [2.75, 3.05) is 19.7 Å². The maximum Gasteiger partial charge on any atom is 0.223 e. The molecular weight excluding hydrogens is 254 g/mol. The van der Waals surface area contributed by atoms with Crippen molar-refractivity contribution in [2.24, 2.45) is 11.8 Å². The van der Waals surface area contributed by atoms with Gasteiger partial charge in [0, 0.05) is 38.5 Å². The Bertz CT molecular complexity index is 318. The van der Waals surface area contributed by atoms with Gasteiger partial charge < -0.3 is 9.64 Å². The van der Waals surface area contributed by atoms with E-state index in [1.807, 2.05) is 32.6 Å². The molecule has 0 aromatic heterocycles. The van der Waals surface area contributed by atoms with Crippen molar-refractivity contribution in [3.8, 4) is 0 Å². The molecule has 0 saturated carbocycles. The fraction of sp³-hybridized carbons (Fsp3) is 0.875. The van der Waals surface area contributed by atoms with Crippen molar-refractivity contribution in [1.82, 2.24) is 4.90 Å². The molecule has 0 spiro atoms. The zero-order valence-corrected chi connectivity index (χ0v) is 13.4. The van der Waals surface area contributed by atoms with Crippen LogP contribution in [0.3, 0.4) is 0 Å². The van der Waals surface area contributed by atoms with E-state index in [0.29, 0.717) is 18.8 Å². The number of carbonyl (C=O) groups excluding carboxylic acids is 2. The molecule has 0 aromatic carbocycles. The minimum atomic E-state index is 0.0294. The van der Waals surface area contributed by atoms with Gasteiger partial charge in [0.05, 0.1) is 6.10 Å². The molecule has 0 atom stereocenters. The summed E-state index contributed by atoms with van der Waals surface area (Å²) in [5.74, 6) is 0.904. The number of ether oxygens (including phenoxy) is 1. The Morgan fingerprint density at radius 3 is 2.20 bits per heavy atom. The minimum Gasteiger partial charge on any atom is -0.379 e. The molecule has 0 N–H and O–H groups in total. The summed E-state index contributed by atoms with van der Waals surface area (Å²) in [5, 5.41) is 0. The van der Waals surface area contributed by atoms with Crippen LogP contribution < -0.4 is 0 Å². The van der Waals surface area contributed by atoms with Crippen LogP contribution in [0.5, 0.6) is 0 Å². The molecule has 1 saturated heterocycles. The van der Waals surface area contributed by atoms with E-state index in [-0.39, 0.29) is 23.7 Å². The third kappa shape index (κ3) is 6.04. The summed E-state index contributed by atoms with van der Waals surface area (Å²) < 4.78 is 5.63. The summed E-state index contributed by atoms with van der Waals surface area (Å²) in [6.45, 7) is 10.3. The van der Waals surface area contributed by atoms with Crippen LogP contribution in [0.1, 0.15) is 53.4 Å². The van der Waals surface area contributed by atoms with Crippen molar-refractivity contribution >= 4 is 11.7 Å². The SMILES string of the molecule is CC(C)OCC1CCN(C(=O)CCC(=O)C(C)C)CC1. The van der Waals surface area contributed by atoms with E-state index < -0.39 is 0 Å². The van der Waals surface area contributed by atoms with E-state index in [1.54, 1.807) is 0 Å². The number of hydrogen-bond acceptors (Lipinski definition) is 3. The lowest BCUT2D eigenvalue weighted by Gasteiger charge is -2.32. The summed E-state index contributed by atoms with van der Waals surface area (Å²) in [6.07, 6.45) is 3.04. The number of carbonyl (C=O) groups is 2. The molecule has 0 unspecified atom stereocenters. The maximum absolute atomic E-state index is 12.0. The number of ketones is 1. The van der Waals surface area contributed by atoms with Crippen LogP contribution in [0, 0.1) is 11.8 Å². The van der Waals surface area contributed by atoms with Crippen LogP contribution in [0.15, 0.2) is 0 Å². The van der Waals surface area contributed by atoms with Crippen molar-refractivity contribution in [2.45, 2.75) is 59.5 Å². The highest BCUT2D eigenvalue weighted by Gasteiger charge is 2.23. The Labute approximate surface area is 122 Å². The van der Waals surface area contributed by atoms with E-state index in [0.717, 1.165) is 32.5 Å². The molecule has 1 aliphatic heterocycles. The summed E-state index contributed by atoms with van der Waals surface area (Å²) in [4.78, 5) is 25.5. The number of likely N-dealkylation sites (tertiary alicyclic amines) is 1. The molecule has 1 fully saturated rings. The van der Waals surface area contributed by atoms with Crippen molar-refractivity contribution in [3.63, 3.8) is 0 Å². The van der Waals surface area contributed by atoms with Crippen molar-refractivity contribution in [3.05, 3.63) is 0 Å². The summed E-state index contributed by atoms with van der Waals surface area (Å²) in [7, 11) is 0. The van der Waals surface area contributed by atoms with E-state index in [9.17, 15) is 9.59 Å². The molecule has 1 amide bonds. The van der Waals surface area contributed by atoms with Gasteiger partial charge in [-0.1, -0.05) is 13.8 Å². The number of hydrogen-bond donors (Lipinski definition) is 0. The summed E-state index contributed by atoms with van der Waals surface area (Å²) in [6, 6.07) is 0. The standard InChI is InChI=1S/C16H29NO3/c1-12(2)15(18)5-6-16(19)17-9-7-14(8-10-17)11-20-13(3)4/h12-14H,5-11H2,1-4H3. The van der Waals surface area contributed by atoms with E-state index in [1.165, 1.54) is 0 Å². The Morgan fingerprint density at radius 1 is 1.10 bits per heavy atom. The number of nitrogens with zero attached hydrogens (tertiary/aromatic N) is 1. The lowest BCUT2D eigenvalue weighted by atomic mass is 9.97. The van der Waals surface area contributed by atoms with Crippen LogP contribution >= 0.6 is 0 Å². The van der Waals surface area contributed by atoms with E-state index >= 15 is 0 Å². The average molecular weight is 283 g/mol. The van der Waals surface area contributed by atoms with Crippen molar-refractivity contribution < 1.29 is 14.3 Å². The molecule has 116 valence electrons. The predicted molar refractivity (Wildman–Crippen MR) is 79.5 cm³/mol. The van der Waals surface area contributed by atoms with Crippen LogP contribution in [-0.4, -0.2) is 42.4 Å². The summed E-state index contributed by atoms with van der Waals surface area (Å²) >= 11 is 0. The van der Waals surface area contributed by atoms with Crippen LogP contribution in [0.2, 0.25) is 0 Å². The van der Waals surface area contributed by atoms with Gasteiger partial charge in [0.1, 0.15) is 5.78 Å². The van der Waals surface area contributed by atoms with E-state index in [2.05, 4.69) is 0 Å². The van der Waals surface area contributed by atoms with Crippen LogP contribution in [0.4, 0.5) is 0 Å². The molecule has 0 aromatic rings. The van der Waals surface area contributed by atoms with Gasteiger partial charge >= 0.3 is 0 Å². The second-order valence-corrected chi connectivity index (χ2v) is 6.33. The Kier molecular flexibility index (Phi) is 7.20. The minimum absolute atomic E-state index is 0.0294. The molecule has 1 rings (SSSR count). The van der Waals surface area contributed by atoms with Gasteiger partial charge in [0.2, 0.25) is 5.91 Å². The van der Waals surface area contributed by atoms with Gasteiger partial charge in [0.25, 0.3) is 0 Å². The van der Waals surface area contributed by atoms with Crippen LogP contribution in [0.25, 0.3) is 0 Å². The third-order valence-electron chi connectivity index (χ3n) is 3.86. The highest BCUT2D eigenvalue weighted by molar-refractivity contribution is 5.86. The lowest BCUT2D eigenvalue weighted by Crippen LogP contribution is -2.39. The molecule has 0 bridgehead atoms. The Hall–Kier alpha value is -0.900. The quantitative estimate of drug-likeness (QED) is 0.721. The highest BCUT2D eigenvalue weighted by Crippen LogP contribution is 2.19. The average Bonchev–Trinajstić information content (AvgIpc) is 2.42. The second-order valence-electron chi connectivity index (χ2n) is 6.33. The maximum atomic E-state index is 12.0. The summed E-state index contributed by atoms with van der Waals surface area (Å²) in [5.41, 5.74) is 0. The number of piperidine rings is 1. The third-order valence-corrected chi connectivity index (χ3v) is 3.86. The fourth-order valence-electron chi connectivity index (χ4n) is 2.35. The van der Waals surface area contributed by atoms with E-state index in [4.69, 9.17) is 4.74 Å². The first-order valence-electron chi connectivity index (χ1n) is 7.82. The van der Waals surface area contributed by atoms with Crippen molar-refractivity contribution in [1.29, 1.82) is 0 Å². The Balaban J connectivity index is 2.23. The molecule has 4 heteroatoms. The first kappa shape index (κ1) is 17.2. The molecular formula is C16H29NO3. The van der Waals surface area contributed by atoms with Gasteiger partial charge in [-0.3, -0.25) is 9.59 Å². The molecule has 0 aliphatic carbocycles. The van der Waals surface area contributed by atoms with Gasteiger partial charge in [-0.25, -0.2) is 0 Å². The lowest BCUT2D eigenvalue weighted by molar-refractivity contribution is -0.135. The first-order chi connectivity index (χ1) is 9.40. The second kappa shape index (κ2) is 8.40. The monoisotopic (exact) mass is 283 g/mol. The molecule has 4 nitrogen and oxygen atoms in total. The number of amides is 1. The van der Waals surface area contributed by atoms with Gasteiger partial charge in [-0.05, 0) is 32.6 Å². The molecule has 1 heterocycles. The first-order valence-corrected chi connectivity index (χ1v) is 7.82. The normalized spacial score (nSPS) is 17.0. The van der Waals surface area contributed by atoms with Gasteiger partial charge in [-0.15, -0.1) is 0 Å². The number of Topliss-reactive ketones (excluding diaryl/α,β-unsaturated/α-hetero) is 1. The molecule has 0 radical (unpaired) electrons. The topological polar surface area (TPSA) is 46.6 Å². The van der Waals surface area contributed by atoms with Gasteiger partial charge in [0.15, 0.2) is 0 Å². The fourth-order valence-corrected chi connectivity index (χ4v) is 2.35.